The van der Waals surface area contributed by atoms with Crippen LogP contribution in [0.15, 0.2) is 0 Å². The molecule has 0 atom stereocenters. The second kappa shape index (κ2) is 2.01. The first kappa shape index (κ1) is 6.59. The number of rotatable bonds is 2. The molecular weight excluding hydrogens is 114 g/mol. The topological polar surface area (TPSA) is 29.1 Å². The molecule has 0 bridgehead atoms. The van der Waals surface area contributed by atoms with Gasteiger partial charge in [0.15, 0.2) is 0 Å². The summed E-state index contributed by atoms with van der Waals surface area (Å²) in [7, 11) is 0. The lowest BCUT2D eigenvalue weighted by atomic mass is 9.76. The maximum atomic E-state index is 10.9. The fourth-order valence-corrected chi connectivity index (χ4v) is 1.11. The molecule has 51 valence electrons. The van der Waals surface area contributed by atoms with Crippen molar-refractivity contribution in [3.8, 4) is 0 Å². The standard InChI is InChI=1S/C7H12NO/c1-3-7(4-2)5-8-6(7)9/h5H,3-4H2,1-2H3,(H,8,9). The molecule has 1 radical (unpaired) electrons. The van der Waals surface area contributed by atoms with Gasteiger partial charge in [0.05, 0.1) is 12.0 Å². The highest BCUT2D eigenvalue weighted by atomic mass is 16.2. The molecule has 0 aromatic heterocycles. The number of carbonyl (C=O) groups excluding carboxylic acids is 1. The van der Waals surface area contributed by atoms with Crippen LogP contribution in [0.1, 0.15) is 26.7 Å². The molecule has 1 aliphatic heterocycles. The summed E-state index contributed by atoms with van der Waals surface area (Å²) >= 11 is 0. The van der Waals surface area contributed by atoms with Crippen LogP contribution < -0.4 is 5.32 Å². The Balaban J connectivity index is 2.58. The van der Waals surface area contributed by atoms with E-state index >= 15 is 0 Å². The summed E-state index contributed by atoms with van der Waals surface area (Å²) in [6.07, 6.45) is 1.85. The smallest absolute Gasteiger partial charge is 0.228 e. The number of hydrogen-bond acceptors (Lipinski definition) is 1. The van der Waals surface area contributed by atoms with Crippen LogP contribution in [0.2, 0.25) is 0 Å². The van der Waals surface area contributed by atoms with Gasteiger partial charge >= 0.3 is 0 Å². The van der Waals surface area contributed by atoms with Crippen molar-refractivity contribution in [1.29, 1.82) is 0 Å². The Labute approximate surface area is 55.6 Å². The summed E-state index contributed by atoms with van der Waals surface area (Å²) in [5, 5.41) is 2.64. The van der Waals surface area contributed by atoms with Gasteiger partial charge in [0, 0.05) is 0 Å². The number of nitrogens with one attached hydrogen (secondary N) is 1. The highest BCUT2D eigenvalue weighted by Gasteiger charge is 2.43. The molecule has 0 aromatic rings. The van der Waals surface area contributed by atoms with Crippen LogP contribution >= 0.6 is 0 Å². The SMILES string of the molecule is CCC1(CC)[CH]NC1=O. The molecular formula is C7H12NO. The Bertz CT molecular complexity index is 121. The third-order valence-corrected chi connectivity index (χ3v) is 2.19. The van der Waals surface area contributed by atoms with Crippen LogP contribution in [0.4, 0.5) is 0 Å². The largest absolute Gasteiger partial charge is 0.350 e. The number of β-lactam (4-membered cyclic amide) rings is 1. The van der Waals surface area contributed by atoms with Crippen LogP contribution in [-0.4, -0.2) is 5.91 Å². The molecule has 1 N–H and O–H groups in total. The third kappa shape index (κ3) is 0.732. The summed E-state index contributed by atoms with van der Waals surface area (Å²) < 4.78 is 0. The number of carbonyl (C=O) groups is 1. The van der Waals surface area contributed by atoms with Gasteiger partial charge in [0.1, 0.15) is 0 Å². The van der Waals surface area contributed by atoms with Gasteiger partial charge in [-0.15, -0.1) is 0 Å². The number of hydrogen-bond donors (Lipinski definition) is 1. The molecule has 2 heteroatoms. The monoisotopic (exact) mass is 126 g/mol. The average Bonchev–Trinajstić information content (AvgIpc) is 1.89. The molecule has 0 aliphatic carbocycles. The van der Waals surface area contributed by atoms with E-state index in [-0.39, 0.29) is 11.3 Å². The second-order valence-electron chi connectivity index (χ2n) is 2.48. The normalized spacial score (nSPS) is 22.7. The van der Waals surface area contributed by atoms with Gasteiger partial charge in [-0.05, 0) is 12.8 Å². The van der Waals surface area contributed by atoms with E-state index in [2.05, 4.69) is 5.32 Å². The van der Waals surface area contributed by atoms with E-state index in [1.165, 1.54) is 0 Å². The summed E-state index contributed by atoms with van der Waals surface area (Å²) in [5.41, 5.74) is -0.111. The van der Waals surface area contributed by atoms with Crippen molar-refractivity contribution < 1.29 is 4.79 Å². The van der Waals surface area contributed by atoms with Crippen molar-refractivity contribution in [1.82, 2.24) is 5.32 Å². The van der Waals surface area contributed by atoms with E-state index in [1.807, 2.05) is 20.4 Å². The van der Waals surface area contributed by atoms with Gasteiger partial charge < -0.3 is 5.32 Å². The molecule has 0 unspecified atom stereocenters. The minimum atomic E-state index is -0.111. The Morgan fingerprint density at radius 1 is 1.56 bits per heavy atom. The first-order valence-electron chi connectivity index (χ1n) is 3.40. The summed E-state index contributed by atoms with van der Waals surface area (Å²) in [5.74, 6) is 0.188. The van der Waals surface area contributed by atoms with Crippen molar-refractivity contribution in [3.05, 3.63) is 6.54 Å². The van der Waals surface area contributed by atoms with Gasteiger partial charge in [-0.3, -0.25) is 4.79 Å². The van der Waals surface area contributed by atoms with Crippen LogP contribution in [0.5, 0.6) is 0 Å². The molecule has 0 saturated carbocycles. The Kier molecular flexibility index (Phi) is 1.47. The van der Waals surface area contributed by atoms with E-state index in [0.29, 0.717) is 0 Å². The van der Waals surface area contributed by atoms with Gasteiger partial charge in [-0.1, -0.05) is 13.8 Å². The Morgan fingerprint density at radius 2 is 2.11 bits per heavy atom. The average molecular weight is 126 g/mol. The molecule has 0 spiro atoms. The van der Waals surface area contributed by atoms with E-state index < -0.39 is 0 Å². The molecule has 9 heavy (non-hydrogen) atoms. The maximum Gasteiger partial charge on any atom is 0.228 e. The quantitative estimate of drug-likeness (QED) is 0.551. The van der Waals surface area contributed by atoms with E-state index in [9.17, 15) is 4.79 Å². The molecule has 1 amide bonds. The van der Waals surface area contributed by atoms with Gasteiger partial charge in [0.2, 0.25) is 5.91 Å². The molecule has 1 rings (SSSR count). The predicted octanol–water partition coefficient (Wildman–Crippen LogP) is 1.08. The van der Waals surface area contributed by atoms with Gasteiger partial charge in [0.25, 0.3) is 0 Å². The zero-order valence-electron chi connectivity index (χ0n) is 5.90. The fraction of sp³-hybridized carbons (Fsp3) is 0.714. The molecule has 0 aromatic carbocycles. The van der Waals surface area contributed by atoms with Crippen molar-refractivity contribution in [2.75, 3.05) is 0 Å². The van der Waals surface area contributed by atoms with Crippen LogP contribution in [0.3, 0.4) is 0 Å². The number of amides is 1. The first-order chi connectivity index (χ1) is 4.25. The van der Waals surface area contributed by atoms with Crippen LogP contribution in [0, 0.1) is 12.0 Å². The molecule has 1 saturated heterocycles. The zero-order chi connectivity index (χ0) is 6.91. The minimum absolute atomic E-state index is 0.111. The van der Waals surface area contributed by atoms with E-state index in [0.717, 1.165) is 12.8 Å². The van der Waals surface area contributed by atoms with Crippen molar-refractivity contribution in [3.63, 3.8) is 0 Å². The van der Waals surface area contributed by atoms with Gasteiger partial charge in [-0.2, -0.15) is 0 Å². The first-order valence-corrected chi connectivity index (χ1v) is 3.40. The molecule has 2 nitrogen and oxygen atoms in total. The minimum Gasteiger partial charge on any atom is -0.350 e. The Hall–Kier alpha value is -0.530. The van der Waals surface area contributed by atoms with E-state index in [1.54, 1.807) is 0 Å². The highest BCUT2D eigenvalue weighted by Crippen LogP contribution is 2.34. The summed E-state index contributed by atoms with van der Waals surface area (Å²) in [6.45, 7) is 5.98. The molecule has 1 aliphatic rings. The molecule has 1 heterocycles. The van der Waals surface area contributed by atoms with Crippen molar-refractivity contribution in [2.24, 2.45) is 5.41 Å². The van der Waals surface area contributed by atoms with Crippen molar-refractivity contribution >= 4 is 5.91 Å². The van der Waals surface area contributed by atoms with Crippen LogP contribution in [0.25, 0.3) is 0 Å². The third-order valence-electron chi connectivity index (χ3n) is 2.19. The summed E-state index contributed by atoms with van der Waals surface area (Å²) in [6, 6.07) is 0. The lowest BCUT2D eigenvalue weighted by molar-refractivity contribution is -0.136. The second-order valence-corrected chi connectivity index (χ2v) is 2.48. The fourth-order valence-electron chi connectivity index (χ4n) is 1.11. The zero-order valence-corrected chi connectivity index (χ0v) is 5.90. The van der Waals surface area contributed by atoms with E-state index in [4.69, 9.17) is 0 Å². The molecule has 1 fully saturated rings. The maximum absolute atomic E-state index is 10.9. The summed E-state index contributed by atoms with van der Waals surface area (Å²) in [4.78, 5) is 10.9. The van der Waals surface area contributed by atoms with Crippen molar-refractivity contribution in [2.45, 2.75) is 26.7 Å². The Morgan fingerprint density at radius 3 is 2.11 bits per heavy atom. The predicted molar refractivity (Wildman–Crippen MR) is 35.5 cm³/mol. The lowest BCUT2D eigenvalue weighted by Crippen LogP contribution is -2.53. The lowest BCUT2D eigenvalue weighted by Gasteiger charge is -2.38. The van der Waals surface area contributed by atoms with Gasteiger partial charge in [-0.25, -0.2) is 0 Å². The van der Waals surface area contributed by atoms with Crippen LogP contribution in [-0.2, 0) is 4.79 Å². The highest BCUT2D eigenvalue weighted by molar-refractivity contribution is 5.91.